The van der Waals surface area contributed by atoms with Gasteiger partial charge in [-0.3, -0.25) is 19.2 Å². The molecule has 0 aliphatic carbocycles. The molecule has 83 heavy (non-hydrogen) atoms. The molecule has 528 valence electrons. The van der Waals surface area contributed by atoms with Gasteiger partial charge in [0.15, 0.2) is 0 Å². The third-order valence-corrected chi connectivity index (χ3v) is 4.67. The van der Waals surface area contributed by atoms with Crippen LogP contribution in [0.3, 0.4) is 0 Å². The van der Waals surface area contributed by atoms with E-state index in [-0.39, 0.29) is 61.3 Å². The molecule has 0 aromatic rings. The van der Waals surface area contributed by atoms with Crippen LogP contribution in [0.15, 0.2) is 0 Å². The van der Waals surface area contributed by atoms with Crippen molar-refractivity contribution in [2.45, 2.75) is 275 Å². The van der Waals surface area contributed by atoms with E-state index in [2.05, 4.69) is 77.5 Å². The van der Waals surface area contributed by atoms with Crippen LogP contribution in [-0.2, 0) is 38.4 Å². The molecule has 0 aliphatic heterocycles. The van der Waals surface area contributed by atoms with Gasteiger partial charge in [0.1, 0.15) is 25.1 Å². The summed E-state index contributed by atoms with van der Waals surface area (Å²) in [5.74, 6) is -3.33. The number of carbonyl (C=O) groups is 8. The number of nitrogens with one attached hydrogen (secondary N) is 2. The van der Waals surface area contributed by atoms with E-state index in [1.54, 1.807) is 0 Å². The van der Waals surface area contributed by atoms with Gasteiger partial charge < -0.3 is 108 Å². The molecule has 0 aliphatic rings. The van der Waals surface area contributed by atoms with Crippen molar-refractivity contribution in [3.05, 3.63) is 0 Å². The van der Waals surface area contributed by atoms with Crippen LogP contribution < -0.4 is 68.0 Å². The largest absolute Gasteiger partial charge is 0.481 e. The minimum absolute atomic E-state index is 0. The SMILES string of the molecule is C.C.C.C.C.CC.CC.CC(=O)O.CC(=O)O.CC(=O)O.CC(=O)O.CCC.CCC.CCC.CCC.CN.CN.CNC.CNC.NCCCC[C@@H](N)C=O.NCCCC[C@@H](N)C=O.NCCCC[C@@H](N)C=O.NCCCC[C@@H](N)C=O. The van der Waals surface area contributed by atoms with Crippen LogP contribution in [0.4, 0.5) is 0 Å². The lowest BCUT2D eigenvalue weighted by Gasteiger charge is -2.00. The van der Waals surface area contributed by atoms with E-state index < -0.39 is 23.9 Å². The number of carbonyl (C=O) groups excluding carboxylic acids is 4. The quantitative estimate of drug-likeness (QED) is 0.0400. The molecule has 24 nitrogen and oxygen atoms in total. The van der Waals surface area contributed by atoms with E-state index in [9.17, 15) is 19.2 Å². The zero-order chi connectivity index (χ0) is 67.0. The van der Waals surface area contributed by atoms with Crippen molar-refractivity contribution in [3.63, 3.8) is 0 Å². The maximum absolute atomic E-state index is 9.94. The molecule has 0 spiro atoms. The minimum atomic E-state index is -0.833. The summed E-state index contributed by atoms with van der Waals surface area (Å²) >= 11 is 0. The van der Waals surface area contributed by atoms with Crippen LogP contribution in [0.25, 0.3) is 0 Å². The van der Waals surface area contributed by atoms with Crippen LogP contribution in [0.2, 0.25) is 0 Å². The Bertz CT molecular complexity index is 771. The van der Waals surface area contributed by atoms with Crippen molar-refractivity contribution in [1.29, 1.82) is 0 Å². The Hall–Kier alpha value is -3.92. The van der Waals surface area contributed by atoms with Crippen LogP contribution in [-0.4, -0.2) is 162 Å². The second-order valence-electron chi connectivity index (χ2n) is 14.2. The molecule has 0 aromatic heterocycles. The summed E-state index contributed by atoms with van der Waals surface area (Å²) in [5.41, 5.74) is 51.1. The molecule has 0 bridgehead atoms. The third-order valence-electron chi connectivity index (χ3n) is 4.67. The number of unbranched alkanes of at least 4 members (excludes halogenated alkanes) is 4. The van der Waals surface area contributed by atoms with E-state index in [1.807, 2.05) is 55.9 Å². The maximum atomic E-state index is 9.94. The zero-order valence-electron chi connectivity index (χ0n) is 54.6. The summed E-state index contributed by atoms with van der Waals surface area (Å²) in [6.45, 7) is 32.1. The number of hydrogen-bond donors (Lipinski definition) is 16. The molecule has 0 saturated heterocycles. The first-order valence-electron chi connectivity index (χ1n) is 27.4. The van der Waals surface area contributed by atoms with Gasteiger partial charge in [0.2, 0.25) is 0 Å². The van der Waals surface area contributed by atoms with Gasteiger partial charge in [-0.15, -0.1) is 0 Å². The topological polar surface area (TPSA) is 502 Å². The highest BCUT2D eigenvalue weighted by atomic mass is 16.4. The summed E-state index contributed by atoms with van der Waals surface area (Å²) in [5, 5.41) is 35.2. The van der Waals surface area contributed by atoms with Gasteiger partial charge >= 0.3 is 0 Å². The lowest BCUT2D eigenvalue weighted by atomic mass is 10.1. The highest BCUT2D eigenvalue weighted by molar-refractivity contribution is 5.63. The van der Waals surface area contributed by atoms with E-state index in [0.29, 0.717) is 26.2 Å². The molecule has 0 amide bonds. The molecular formula is C59H160N12O12. The summed E-state index contributed by atoms with van der Waals surface area (Å²) in [7, 11) is 10.5. The molecule has 0 rings (SSSR count). The summed E-state index contributed by atoms with van der Waals surface area (Å²) in [6, 6.07) is -1.12. The van der Waals surface area contributed by atoms with Gasteiger partial charge in [0.25, 0.3) is 23.9 Å². The van der Waals surface area contributed by atoms with Crippen LogP contribution in [0.1, 0.15) is 251 Å². The molecule has 4 atom stereocenters. The maximum Gasteiger partial charge on any atom is 0.300 e. The summed E-state index contributed by atoms with van der Waals surface area (Å²) in [4.78, 5) is 75.8. The number of aliphatic carboxylic acids is 4. The van der Waals surface area contributed by atoms with Crippen molar-refractivity contribution in [2.75, 3.05) is 68.5 Å². The number of carboxylic acid groups (broad SMARTS) is 4. The molecule has 26 N–H and O–H groups in total. The predicted molar refractivity (Wildman–Crippen MR) is 371 cm³/mol. The normalized spacial score (nSPS) is 8.48. The Morgan fingerprint density at radius 1 is 0.337 bits per heavy atom. The Kier molecular flexibility index (Phi) is 404. The fourth-order valence-electron chi connectivity index (χ4n) is 2.37. The fraction of sp³-hybridized carbons (Fsp3) is 0.864. The van der Waals surface area contributed by atoms with Gasteiger partial charge in [0, 0.05) is 27.7 Å². The summed E-state index contributed by atoms with van der Waals surface area (Å²) < 4.78 is 0. The lowest BCUT2D eigenvalue weighted by Crippen LogP contribution is -2.21. The number of nitrogens with two attached hydrogens (primary N) is 10. The highest BCUT2D eigenvalue weighted by Crippen LogP contribution is 1.96. The highest BCUT2D eigenvalue weighted by Gasteiger charge is 1.99. The first-order chi connectivity index (χ1) is 36.6. The second kappa shape index (κ2) is 218. The van der Waals surface area contributed by atoms with E-state index in [0.717, 1.165) is 130 Å². The average molecular weight is 1230 g/mol. The van der Waals surface area contributed by atoms with Crippen molar-refractivity contribution in [1.82, 2.24) is 10.6 Å². The molecule has 0 aromatic carbocycles. The van der Waals surface area contributed by atoms with E-state index in [1.165, 1.54) is 39.8 Å². The van der Waals surface area contributed by atoms with Crippen molar-refractivity contribution in [2.24, 2.45) is 57.3 Å². The molecule has 24 heteroatoms. The van der Waals surface area contributed by atoms with Crippen molar-refractivity contribution < 1.29 is 58.8 Å². The average Bonchev–Trinajstić information content (AvgIpc) is 3.38. The Morgan fingerprint density at radius 2 is 0.410 bits per heavy atom. The van der Waals surface area contributed by atoms with Crippen molar-refractivity contribution in [3.8, 4) is 0 Å². The zero-order valence-corrected chi connectivity index (χ0v) is 54.6. The van der Waals surface area contributed by atoms with Crippen LogP contribution in [0.5, 0.6) is 0 Å². The monoisotopic (exact) mass is 1230 g/mol. The molecular weight excluding hydrogens is 1070 g/mol. The standard InChI is InChI=1S/4C6H14N2O.4C3H8.2C2H7N.4C2H4O2.2C2H6.2CH5N.5CH4/c4*7-4-2-1-3-6(8)5-9;6*1-3-2;4*1-2(3)4;4*1-2;;;;;/h4*5-6H,1-4,7-8H2;4*3H2,1-2H3;2*3H,1-2H3;4*1H3,(H,3,4);2*1-2H3;2*2H2,1H3;5*1H4/t4*6-;;;;;;;;;;;;;;;;;;;/m1111.................../s1. The van der Waals surface area contributed by atoms with Gasteiger partial charge in [-0.25, -0.2) is 0 Å². The first-order valence-corrected chi connectivity index (χ1v) is 27.4. The predicted octanol–water partition coefficient (Wildman–Crippen LogP) is 8.65. The third kappa shape index (κ3) is 779. The fourth-order valence-corrected chi connectivity index (χ4v) is 2.37. The van der Waals surface area contributed by atoms with Gasteiger partial charge in [0.05, 0.1) is 24.2 Å². The minimum Gasteiger partial charge on any atom is -0.481 e. The van der Waals surface area contributed by atoms with Crippen LogP contribution >= 0.6 is 0 Å². The van der Waals surface area contributed by atoms with Crippen LogP contribution in [0, 0.1) is 0 Å². The number of aldehydes is 4. The lowest BCUT2D eigenvalue weighted by molar-refractivity contribution is -0.135. The number of hydrogen-bond acceptors (Lipinski definition) is 20. The van der Waals surface area contributed by atoms with Crippen molar-refractivity contribution >= 4 is 49.0 Å². The van der Waals surface area contributed by atoms with Gasteiger partial charge in [-0.05, 0) is 120 Å². The van der Waals surface area contributed by atoms with Gasteiger partial charge in [-0.2, -0.15) is 0 Å². The Labute approximate surface area is 517 Å². The molecule has 0 fully saturated rings. The summed E-state index contributed by atoms with van der Waals surface area (Å²) in [6.07, 6.45) is 18.8. The Morgan fingerprint density at radius 3 is 0.458 bits per heavy atom. The van der Waals surface area contributed by atoms with E-state index in [4.69, 9.17) is 85.5 Å². The molecule has 0 heterocycles. The first kappa shape index (κ1) is 153. The second-order valence-corrected chi connectivity index (χ2v) is 14.2. The number of carboxylic acids is 4. The number of rotatable bonds is 20. The molecule has 0 saturated carbocycles. The molecule has 0 radical (unpaired) electrons. The molecule has 0 unspecified atom stereocenters. The smallest absolute Gasteiger partial charge is 0.300 e. The van der Waals surface area contributed by atoms with E-state index >= 15 is 0 Å². The van der Waals surface area contributed by atoms with Gasteiger partial charge in [-0.1, -0.05) is 172 Å². The Balaban J connectivity index is -0.0000000224.